The average Bonchev–Trinajstić information content (AvgIpc) is 2.97. The summed E-state index contributed by atoms with van der Waals surface area (Å²) in [4.78, 5) is 4.44. The normalized spacial score (nSPS) is 30.3. The molecule has 0 spiro atoms. The lowest BCUT2D eigenvalue weighted by molar-refractivity contribution is 0.291. The summed E-state index contributed by atoms with van der Waals surface area (Å²) >= 11 is 0. The van der Waals surface area contributed by atoms with Crippen molar-refractivity contribution in [3.8, 4) is 0 Å². The van der Waals surface area contributed by atoms with Crippen LogP contribution in [0.4, 0.5) is 5.95 Å². The minimum Gasteiger partial charge on any atom is -0.353 e. The van der Waals surface area contributed by atoms with Crippen molar-refractivity contribution in [2.45, 2.75) is 57.5 Å². The average molecular weight is 219 g/mol. The number of hydrogen-bond donors (Lipinski definition) is 1. The second-order valence-electron chi connectivity index (χ2n) is 5.49. The molecular formula is C13H21N3. The fourth-order valence-corrected chi connectivity index (χ4v) is 2.65. The maximum Gasteiger partial charge on any atom is 0.203 e. The van der Waals surface area contributed by atoms with Crippen LogP contribution in [-0.4, -0.2) is 15.6 Å². The molecule has 16 heavy (non-hydrogen) atoms. The number of aromatic nitrogens is 2. The predicted octanol–water partition coefficient (Wildman–Crippen LogP) is 3.21. The van der Waals surface area contributed by atoms with E-state index in [0.717, 1.165) is 11.9 Å². The van der Waals surface area contributed by atoms with Crippen LogP contribution in [0.3, 0.4) is 0 Å². The predicted molar refractivity (Wildman–Crippen MR) is 65.5 cm³/mol. The monoisotopic (exact) mass is 219 g/mol. The molecule has 0 radical (unpaired) electrons. The Hall–Kier alpha value is -0.990. The molecule has 1 heterocycles. The Bertz CT molecular complexity index is 346. The summed E-state index contributed by atoms with van der Waals surface area (Å²) in [5.41, 5.74) is 0. The molecule has 0 amide bonds. The van der Waals surface area contributed by atoms with Crippen LogP contribution in [0.2, 0.25) is 0 Å². The van der Waals surface area contributed by atoms with Gasteiger partial charge in [-0.2, -0.15) is 0 Å². The van der Waals surface area contributed by atoms with E-state index in [9.17, 15) is 0 Å². The zero-order valence-corrected chi connectivity index (χ0v) is 10.0. The first kappa shape index (κ1) is 10.2. The molecule has 2 aliphatic rings. The molecule has 88 valence electrons. The van der Waals surface area contributed by atoms with Gasteiger partial charge in [-0.3, -0.25) is 0 Å². The van der Waals surface area contributed by atoms with Crippen LogP contribution in [-0.2, 0) is 0 Å². The van der Waals surface area contributed by atoms with Crippen LogP contribution in [0.1, 0.15) is 51.5 Å². The van der Waals surface area contributed by atoms with Gasteiger partial charge in [0, 0.05) is 24.5 Å². The third-order valence-corrected chi connectivity index (χ3v) is 3.96. The van der Waals surface area contributed by atoms with Crippen LogP contribution in [0.5, 0.6) is 0 Å². The number of hydrogen-bond acceptors (Lipinski definition) is 2. The van der Waals surface area contributed by atoms with Gasteiger partial charge in [0.2, 0.25) is 5.95 Å². The molecular weight excluding hydrogens is 198 g/mol. The molecule has 3 nitrogen and oxygen atoms in total. The molecule has 0 aromatic carbocycles. The number of nitrogens with one attached hydrogen (secondary N) is 1. The molecule has 3 heteroatoms. The standard InChI is InChI=1S/C13H21N3/c1-10-2-6-12(7-3-10)16-9-8-14-13(16)15-11-4-5-11/h8-12H,2-7H2,1H3,(H,14,15). The van der Waals surface area contributed by atoms with Crippen LogP contribution in [0, 0.1) is 5.92 Å². The van der Waals surface area contributed by atoms with Gasteiger partial charge in [0.1, 0.15) is 0 Å². The molecule has 1 aromatic heterocycles. The molecule has 0 bridgehead atoms. The van der Waals surface area contributed by atoms with Gasteiger partial charge in [0.05, 0.1) is 0 Å². The van der Waals surface area contributed by atoms with E-state index >= 15 is 0 Å². The van der Waals surface area contributed by atoms with E-state index in [0.29, 0.717) is 12.1 Å². The van der Waals surface area contributed by atoms with E-state index in [-0.39, 0.29) is 0 Å². The third kappa shape index (κ3) is 2.08. The summed E-state index contributed by atoms with van der Waals surface area (Å²) in [6.45, 7) is 2.37. The Kier molecular flexibility index (Phi) is 2.62. The van der Waals surface area contributed by atoms with E-state index < -0.39 is 0 Å². The Morgan fingerprint density at radius 1 is 1.19 bits per heavy atom. The minimum absolute atomic E-state index is 0.681. The van der Waals surface area contributed by atoms with Gasteiger partial charge in [-0.1, -0.05) is 6.92 Å². The molecule has 1 N–H and O–H groups in total. The lowest BCUT2D eigenvalue weighted by Crippen LogP contribution is -2.19. The zero-order chi connectivity index (χ0) is 11.0. The van der Waals surface area contributed by atoms with Gasteiger partial charge in [0.15, 0.2) is 0 Å². The quantitative estimate of drug-likeness (QED) is 0.846. The highest BCUT2D eigenvalue weighted by molar-refractivity contribution is 5.30. The lowest BCUT2D eigenvalue weighted by atomic mass is 9.87. The van der Waals surface area contributed by atoms with Gasteiger partial charge >= 0.3 is 0 Å². The zero-order valence-electron chi connectivity index (χ0n) is 10.0. The second-order valence-corrected chi connectivity index (χ2v) is 5.49. The maximum atomic E-state index is 4.44. The van der Waals surface area contributed by atoms with Crippen molar-refractivity contribution in [2.24, 2.45) is 5.92 Å². The van der Waals surface area contributed by atoms with Crippen molar-refractivity contribution in [1.82, 2.24) is 9.55 Å². The molecule has 0 atom stereocenters. The van der Waals surface area contributed by atoms with Gasteiger partial charge < -0.3 is 9.88 Å². The summed E-state index contributed by atoms with van der Waals surface area (Å²) in [7, 11) is 0. The molecule has 3 rings (SSSR count). The fourth-order valence-electron chi connectivity index (χ4n) is 2.65. The van der Waals surface area contributed by atoms with Crippen LogP contribution < -0.4 is 5.32 Å². The van der Waals surface area contributed by atoms with E-state index in [2.05, 4.69) is 28.0 Å². The molecule has 2 saturated carbocycles. The lowest BCUT2D eigenvalue weighted by Gasteiger charge is -2.28. The Morgan fingerprint density at radius 2 is 1.94 bits per heavy atom. The highest BCUT2D eigenvalue weighted by Gasteiger charge is 2.25. The molecule has 2 fully saturated rings. The van der Waals surface area contributed by atoms with E-state index in [1.165, 1.54) is 38.5 Å². The molecule has 1 aromatic rings. The number of imidazole rings is 1. The molecule has 0 unspecified atom stereocenters. The van der Waals surface area contributed by atoms with E-state index in [1.54, 1.807) is 0 Å². The summed E-state index contributed by atoms with van der Waals surface area (Å²) < 4.78 is 2.37. The Labute approximate surface area is 97.3 Å². The summed E-state index contributed by atoms with van der Waals surface area (Å²) in [5.74, 6) is 2.02. The van der Waals surface area contributed by atoms with Crippen molar-refractivity contribution in [1.29, 1.82) is 0 Å². The summed E-state index contributed by atoms with van der Waals surface area (Å²) in [6.07, 6.45) is 12.1. The maximum absolute atomic E-state index is 4.44. The SMILES string of the molecule is CC1CCC(n2ccnc2NC2CC2)CC1. The Balaban J connectivity index is 1.70. The summed E-state index contributed by atoms with van der Waals surface area (Å²) in [5, 5.41) is 3.52. The second kappa shape index (κ2) is 4.11. The first-order valence-electron chi connectivity index (χ1n) is 6.62. The van der Waals surface area contributed by atoms with Crippen LogP contribution in [0.15, 0.2) is 12.4 Å². The van der Waals surface area contributed by atoms with Crippen LogP contribution >= 0.6 is 0 Å². The highest BCUT2D eigenvalue weighted by Crippen LogP contribution is 2.34. The largest absolute Gasteiger partial charge is 0.353 e. The number of anilines is 1. The molecule has 0 saturated heterocycles. The van der Waals surface area contributed by atoms with E-state index in [1.807, 2.05) is 6.20 Å². The van der Waals surface area contributed by atoms with Gasteiger partial charge in [-0.15, -0.1) is 0 Å². The molecule has 0 aliphatic heterocycles. The van der Waals surface area contributed by atoms with Gasteiger partial charge in [0.25, 0.3) is 0 Å². The fraction of sp³-hybridized carbons (Fsp3) is 0.769. The number of nitrogens with zero attached hydrogens (tertiary/aromatic N) is 2. The first-order valence-corrected chi connectivity index (χ1v) is 6.62. The van der Waals surface area contributed by atoms with Crippen molar-refractivity contribution in [3.05, 3.63) is 12.4 Å². The summed E-state index contributed by atoms with van der Waals surface area (Å²) in [6, 6.07) is 1.38. The highest BCUT2D eigenvalue weighted by atomic mass is 15.2. The van der Waals surface area contributed by atoms with Gasteiger partial charge in [-0.25, -0.2) is 4.98 Å². The van der Waals surface area contributed by atoms with E-state index in [4.69, 9.17) is 0 Å². The van der Waals surface area contributed by atoms with Gasteiger partial charge in [-0.05, 0) is 44.4 Å². The van der Waals surface area contributed by atoms with Crippen molar-refractivity contribution >= 4 is 5.95 Å². The topological polar surface area (TPSA) is 29.9 Å². The smallest absolute Gasteiger partial charge is 0.203 e. The van der Waals surface area contributed by atoms with Crippen LogP contribution in [0.25, 0.3) is 0 Å². The van der Waals surface area contributed by atoms with Crippen molar-refractivity contribution < 1.29 is 0 Å². The first-order chi connectivity index (χ1) is 7.83. The van der Waals surface area contributed by atoms with Crippen molar-refractivity contribution in [2.75, 3.05) is 5.32 Å². The van der Waals surface area contributed by atoms with Crippen molar-refractivity contribution in [3.63, 3.8) is 0 Å². The Morgan fingerprint density at radius 3 is 2.62 bits per heavy atom. The molecule has 2 aliphatic carbocycles. The number of rotatable bonds is 3. The third-order valence-electron chi connectivity index (χ3n) is 3.96. The minimum atomic E-state index is 0.681.